The summed E-state index contributed by atoms with van der Waals surface area (Å²) in [7, 11) is 0. The third-order valence-electron chi connectivity index (χ3n) is 6.26. The van der Waals surface area contributed by atoms with Gasteiger partial charge in [0.2, 0.25) is 5.91 Å². The standard InChI is InChI=1S/C27H29N3O2S/c31-26(14-13-21-8-3-1-4-9-21)29(18-24-12-7-17-32-24)16-15-23-20-33-27-28-25(19-30(23)27)22-10-5-2-6-11-22/h1-6,8-11,19-20,24H,7,12-18H2. The molecule has 1 atom stereocenters. The maximum atomic E-state index is 13.2. The van der Waals surface area contributed by atoms with Crippen molar-refractivity contribution in [2.75, 3.05) is 19.7 Å². The molecule has 1 saturated heterocycles. The topological polar surface area (TPSA) is 46.8 Å². The van der Waals surface area contributed by atoms with Crippen LogP contribution in [0.4, 0.5) is 0 Å². The molecule has 1 unspecified atom stereocenters. The number of hydrogen-bond donors (Lipinski definition) is 0. The molecule has 5 nitrogen and oxygen atoms in total. The lowest BCUT2D eigenvalue weighted by atomic mass is 10.1. The number of hydrogen-bond acceptors (Lipinski definition) is 4. The molecule has 2 aromatic carbocycles. The lowest BCUT2D eigenvalue weighted by Gasteiger charge is -2.25. The van der Waals surface area contributed by atoms with Crippen molar-refractivity contribution in [1.82, 2.24) is 14.3 Å². The number of carbonyl (C=O) groups is 1. The van der Waals surface area contributed by atoms with Crippen LogP contribution in [0.2, 0.25) is 0 Å². The van der Waals surface area contributed by atoms with Crippen LogP contribution in [-0.2, 0) is 22.4 Å². The van der Waals surface area contributed by atoms with Gasteiger partial charge in [-0.15, -0.1) is 11.3 Å². The summed E-state index contributed by atoms with van der Waals surface area (Å²) in [6.07, 6.45) is 6.48. The van der Waals surface area contributed by atoms with Crippen molar-refractivity contribution in [2.45, 2.75) is 38.2 Å². The Morgan fingerprint density at radius 3 is 2.64 bits per heavy atom. The van der Waals surface area contributed by atoms with Gasteiger partial charge < -0.3 is 9.64 Å². The Kier molecular flexibility index (Phi) is 6.84. The van der Waals surface area contributed by atoms with Crippen LogP contribution in [0.5, 0.6) is 0 Å². The van der Waals surface area contributed by atoms with Crippen molar-refractivity contribution < 1.29 is 9.53 Å². The van der Waals surface area contributed by atoms with Crippen LogP contribution in [-0.4, -0.2) is 46.0 Å². The van der Waals surface area contributed by atoms with Gasteiger partial charge in [0.05, 0.1) is 11.8 Å². The zero-order valence-electron chi connectivity index (χ0n) is 18.7. The van der Waals surface area contributed by atoms with Crippen molar-refractivity contribution in [3.8, 4) is 11.3 Å². The molecule has 0 spiro atoms. The highest BCUT2D eigenvalue weighted by atomic mass is 32.1. The first-order valence-electron chi connectivity index (χ1n) is 11.7. The number of amides is 1. The molecule has 5 rings (SSSR count). The molecule has 4 aromatic rings. The summed E-state index contributed by atoms with van der Waals surface area (Å²) in [4.78, 5) is 21.0. The van der Waals surface area contributed by atoms with Gasteiger partial charge in [-0.3, -0.25) is 9.20 Å². The predicted molar refractivity (Wildman–Crippen MR) is 133 cm³/mol. The first-order chi connectivity index (χ1) is 16.3. The monoisotopic (exact) mass is 459 g/mol. The molecule has 0 saturated carbocycles. The molecular weight excluding hydrogens is 430 g/mol. The van der Waals surface area contributed by atoms with Gasteiger partial charge in [-0.05, 0) is 24.8 Å². The van der Waals surface area contributed by atoms with E-state index in [1.807, 2.05) is 41.3 Å². The first-order valence-corrected chi connectivity index (χ1v) is 12.6. The van der Waals surface area contributed by atoms with Crippen LogP contribution in [0.15, 0.2) is 72.2 Å². The van der Waals surface area contributed by atoms with Gasteiger partial charge in [0.15, 0.2) is 4.96 Å². The van der Waals surface area contributed by atoms with Gasteiger partial charge in [-0.2, -0.15) is 0 Å². The Morgan fingerprint density at radius 2 is 1.88 bits per heavy atom. The second-order valence-electron chi connectivity index (χ2n) is 8.58. The molecule has 1 amide bonds. The van der Waals surface area contributed by atoms with Gasteiger partial charge in [-0.1, -0.05) is 60.7 Å². The van der Waals surface area contributed by atoms with E-state index in [1.54, 1.807) is 11.3 Å². The smallest absolute Gasteiger partial charge is 0.223 e. The molecule has 6 heteroatoms. The van der Waals surface area contributed by atoms with Gasteiger partial charge in [0, 0.05) is 55.4 Å². The average Bonchev–Trinajstić information content (AvgIpc) is 3.60. The second kappa shape index (κ2) is 10.3. The Bertz CT molecular complexity index is 1180. The number of thiazole rings is 1. The maximum Gasteiger partial charge on any atom is 0.223 e. The molecule has 3 heterocycles. The maximum absolute atomic E-state index is 13.2. The average molecular weight is 460 g/mol. The zero-order valence-corrected chi connectivity index (χ0v) is 19.5. The molecule has 170 valence electrons. The third-order valence-corrected chi connectivity index (χ3v) is 7.15. The first kappa shape index (κ1) is 21.9. The van der Waals surface area contributed by atoms with Gasteiger partial charge in [-0.25, -0.2) is 4.98 Å². The van der Waals surface area contributed by atoms with E-state index in [4.69, 9.17) is 9.72 Å². The summed E-state index contributed by atoms with van der Waals surface area (Å²) in [5.74, 6) is 0.205. The molecular formula is C27H29N3O2S. The summed E-state index contributed by atoms with van der Waals surface area (Å²) in [6.45, 7) is 2.18. The summed E-state index contributed by atoms with van der Waals surface area (Å²) >= 11 is 1.65. The molecule has 1 fully saturated rings. The van der Waals surface area contributed by atoms with E-state index in [2.05, 4.69) is 40.2 Å². The van der Waals surface area contributed by atoms with E-state index in [0.29, 0.717) is 19.5 Å². The lowest BCUT2D eigenvalue weighted by Crippen LogP contribution is -2.39. The van der Waals surface area contributed by atoms with Gasteiger partial charge in [0.1, 0.15) is 0 Å². The Hall–Kier alpha value is -2.96. The largest absolute Gasteiger partial charge is 0.376 e. The summed E-state index contributed by atoms with van der Waals surface area (Å²) < 4.78 is 8.02. The number of fused-ring (bicyclic) bond motifs is 1. The van der Waals surface area contributed by atoms with Crippen molar-refractivity contribution in [3.05, 3.63) is 83.5 Å². The summed E-state index contributed by atoms with van der Waals surface area (Å²) in [5.41, 5.74) is 4.50. The minimum atomic E-state index is 0.158. The van der Waals surface area contributed by atoms with E-state index in [9.17, 15) is 4.79 Å². The number of nitrogens with zero attached hydrogens (tertiary/aromatic N) is 3. The van der Waals surface area contributed by atoms with Crippen molar-refractivity contribution in [1.29, 1.82) is 0 Å². The van der Waals surface area contributed by atoms with Crippen molar-refractivity contribution >= 4 is 22.2 Å². The number of imidazole rings is 1. The highest BCUT2D eigenvalue weighted by Gasteiger charge is 2.23. The quantitative estimate of drug-likeness (QED) is 0.344. The van der Waals surface area contributed by atoms with E-state index >= 15 is 0 Å². The highest BCUT2D eigenvalue weighted by molar-refractivity contribution is 7.15. The van der Waals surface area contributed by atoms with Crippen molar-refractivity contribution in [2.24, 2.45) is 0 Å². The third kappa shape index (κ3) is 5.34. The Balaban J connectivity index is 1.27. The molecule has 0 radical (unpaired) electrons. The van der Waals surface area contributed by atoms with Gasteiger partial charge in [0.25, 0.3) is 0 Å². The molecule has 33 heavy (non-hydrogen) atoms. The number of aryl methyl sites for hydroxylation is 1. The number of ether oxygens (including phenoxy) is 1. The fourth-order valence-electron chi connectivity index (χ4n) is 4.41. The molecule has 0 aliphatic carbocycles. The summed E-state index contributed by atoms with van der Waals surface area (Å²) in [5, 5.41) is 2.16. The molecule has 0 N–H and O–H groups in total. The van der Waals surface area contributed by atoms with Crippen molar-refractivity contribution in [3.63, 3.8) is 0 Å². The van der Waals surface area contributed by atoms with E-state index in [-0.39, 0.29) is 12.0 Å². The van der Waals surface area contributed by atoms with Crippen LogP contribution >= 0.6 is 11.3 Å². The minimum Gasteiger partial charge on any atom is -0.376 e. The van der Waals surface area contributed by atoms with Gasteiger partial charge >= 0.3 is 0 Å². The SMILES string of the molecule is O=C(CCc1ccccc1)N(CCc1csc2nc(-c3ccccc3)cn12)CC1CCCO1. The van der Waals surface area contributed by atoms with Crippen LogP contribution < -0.4 is 0 Å². The lowest BCUT2D eigenvalue weighted by molar-refractivity contribution is -0.132. The van der Waals surface area contributed by atoms with Crippen LogP contribution in [0.1, 0.15) is 30.5 Å². The molecule has 0 bridgehead atoms. The minimum absolute atomic E-state index is 0.158. The fraction of sp³-hybridized carbons (Fsp3) is 0.333. The fourth-order valence-corrected chi connectivity index (χ4v) is 5.32. The van der Waals surface area contributed by atoms with E-state index < -0.39 is 0 Å². The normalized spacial score (nSPS) is 15.8. The number of rotatable bonds is 9. The van der Waals surface area contributed by atoms with E-state index in [1.165, 1.54) is 11.3 Å². The highest BCUT2D eigenvalue weighted by Crippen LogP contribution is 2.24. The number of benzene rings is 2. The second-order valence-corrected chi connectivity index (χ2v) is 9.42. The Labute approximate surface area is 198 Å². The zero-order chi connectivity index (χ0) is 22.5. The Morgan fingerprint density at radius 1 is 1.09 bits per heavy atom. The molecule has 1 aliphatic heterocycles. The summed E-state index contributed by atoms with van der Waals surface area (Å²) in [6, 6.07) is 20.5. The molecule has 2 aromatic heterocycles. The van der Waals surface area contributed by atoms with Crippen LogP contribution in [0, 0.1) is 0 Å². The van der Waals surface area contributed by atoms with E-state index in [0.717, 1.165) is 48.5 Å². The van der Waals surface area contributed by atoms with Crippen LogP contribution in [0.25, 0.3) is 16.2 Å². The molecule has 1 aliphatic rings. The van der Waals surface area contributed by atoms with Crippen LogP contribution in [0.3, 0.4) is 0 Å². The number of carbonyl (C=O) groups excluding carboxylic acids is 1. The predicted octanol–water partition coefficient (Wildman–Crippen LogP) is 5.25. The number of aromatic nitrogens is 2.